The summed E-state index contributed by atoms with van der Waals surface area (Å²) in [6, 6.07) is 0.664. The van der Waals surface area contributed by atoms with Crippen LogP contribution < -0.4 is 10.5 Å². The van der Waals surface area contributed by atoms with Gasteiger partial charge in [-0.1, -0.05) is 0 Å². The van der Waals surface area contributed by atoms with Crippen molar-refractivity contribution in [3.8, 4) is 5.75 Å². The van der Waals surface area contributed by atoms with E-state index >= 15 is 0 Å². The molecule has 1 aromatic carbocycles. The van der Waals surface area contributed by atoms with Gasteiger partial charge in [-0.25, -0.2) is 4.39 Å². The van der Waals surface area contributed by atoms with Crippen LogP contribution in [-0.2, 0) is 0 Å². The first-order chi connectivity index (χ1) is 7.20. The second-order valence-electron chi connectivity index (χ2n) is 2.65. The van der Waals surface area contributed by atoms with Crippen LogP contribution in [0.15, 0.2) is 12.1 Å². The summed E-state index contributed by atoms with van der Waals surface area (Å²) >= 11 is 0. The van der Waals surface area contributed by atoms with Crippen molar-refractivity contribution in [3.63, 3.8) is 0 Å². The van der Waals surface area contributed by atoms with E-state index < -0.39 is 34.2 Å². The molecular weight excluding hydrogens is 236 g/mol. The highest BCUT2D eigenvalue weighted by Crippen LogP contribution is 2.32. The Morgan fingerprint density at radius 3 is 2.38 bits per heavy atom. The molecule has 88 valence electrons. The first-order valence-corrected chi connectivity index (χ1v) is 3.70. The summed E-state index contributed by atoms with van der Waals surface area (Å²) < 4.78 is 51.4. The summed E-state index contributed by atoms with van der Waals surface area (Å²) in [5.74, 6) is -2.73. The minimum Gasteiger partial charge on any atom is -0.402 e. The van der Waals surface area contributed by atoms with Crippen LogP contribution in [0.25, 0.3) is 0 Å². The van der Waals surface area contributed by atoms with E-state index in [0.717, 1.165) is 0 Å². The standard InChI is InChI=1S/C7H4F4N2O3/c8-3-1-4(12)5(13(14)15)2-6(3)16-7(9,10)11/h1-2H,12H2. The molecule has 0 bridgehead atoms. The number of alkyl halides is 3. The number of hydrogen-bond acceptors (Lipinski definition) is 4. The third kappa shape index (κ3) is 2.72. The largest absolute Gasteiger partial charge is 0.573 e. The van der Waals surface area contributed by atoms with E-state index in [1.54, 1.807) is 0 Å². The number of nitro benzene ring substituents is 1. The molecule has 0 fully saturated rings. The van der Waals surface area contributed by atoms with Crippen molar-refractivity contribution in [2.75, 3.05) is 5.73 Å². The summed E-state index contributed by atoms with van der Waals surface area (Å²) in [6.45, 7) is 0. The van der Waals surface area contributed by atoms with Crippen LogP contribution in [-0.4, -0.2) is 11.3 Å². The number of nitrogens with zero attached hydrogens (tertiary/aromatic N) is 1. The number of halogens is 4. The van der Waals surface area contributed by atoms with Gasteiger partial charge >= 0.3 is 6.36 Å². The summed E-state index contributed by atoms with van der Waals surface area (Å²) in [4.78, 5) is 9.27. The van der Waals surface area contributed by atoms with E-state index in [9.17, 15) is 27.7 Å². The smallest absolute Gasteiger partial charge is 0.402 e. The molecule has 0 amide bonds. The van der Waals surface area contributed by atoms with Crippen LogP contribution >= 0.6 is 0 Å². The Kier molecular flexibility index (Phi) is 2.88. The van der Waals surface area contributed by atoms with Crippen LogP contribution in [0.3, 0.4) is 0 Å². The minimum atomic E-state index is -5.13. The predicted molar refractivity (Wildman–Crippen MR) is 44.1 cm³/mol. The maximum absolute atomic E-state index is 12.9. The Labute approximate surface area is 85.6 Å². The summed E-state index contributed by atoms with van der Waals surface area (Å²) in [6.07, 6.45) is -5.13. The number of hydrogen-bond donors (Lipinski definition) is 1. The molecule has 0 spiro atoms. The molecule has 9 heteroatoms. The van der Waals surface area contributed by atoms with E-state index in [-0.39, 0.29) is 6.07 Å². The topological polar surface area (TPSA) is 78.4 Å². The molecule has 0 radical (unpaired) electrons. The molecule has 0 heterocycles. The van der Waals surface area contributed by atoms with Crippen molar-refractivity contribution >= 4 is 11.4 Å². The van der Waals surface area contributed by atoms with Gasteiger partial charge in [-0.3, -0.25) is 10.1 Å². The van der Waals surface area contributed by atoms with E-state index in [1.807, 2.05) is 0 Å². The highest BCUT2D eigenvalue weighted by Gasteiger charge is 2.33. The first kappa shape index (κ1) is 12.0. The molecule has 0 atom stereocenters. The lowest BCUT2D eigenvalue weighted by atomic mass is 10.2. The zero-order valence-corrected chi connectivity index (χ0v) is 7.42. The molecule has 0 aliphatic heterocycles. The third-order valence-electron chi connectivity index (χ3n) is 1.50. The van der Waals surface area contributed by atoms with Gasteiger partial charge in [0.1, 0.15) is 5.69 Å². The quantitative estimate of drug-likeness (QED) is 0.372. The third-order valence-corrected chi connectivity index (χ3v) is 1.50. The lowest BCUT2D eigenvalue weighted by Gasteiger charge is -2.09. The predicted octanol–water partition coefficient (Wildman–Crippen LogP) is 2.21. The Bertz CT molecular complexity index is 432. The van der Waals surface area contributed by atoms with Crippen LogP contribution in [0.5, 0.6) is 5.75 Å². The Hall–Kier alpha value is -2.06. The van der Waals surface area contributed by atoms with Crippen molar-refractivity contribution < 1.29 is 27.2 Å². The summed E-state index contributed by atoms with van der Waals surface area (Å²) in [5.41, 5.74) is 3.59. The molecule has 1 rings (SSSR count). The first-order valence-electron chi connectivity index (χ1n) is 3.70. The molecular formula is C7H4F4N2O3. The van der Waals surface area contributed by atoms with Gasteiger partial charge in [-0.2, -0.15) is 0 Å². The molecule has 0 aromatic heterocycles. The molecule has 0 saturated heterocycles. The molecule has 1 aromatic rings. The van der Waals surface area contributed by atoms with Crippen molar-refractivity contribution in [1.29, 1.82) is 0 Å². The zero-order chi connectivity index (χ0) is 12.5. The van der Waals surface area contributed by atoms with Crippen molar-refractivity contribution in [3.05, 3.63) is 28.1 Å². The highest BCUT2D eigenvalue weighted by molar-refractivity contribution is 5.61. The second kappa shape index (κ2) is 3.83. The summed E-state index contributed by atoms with van der Waals surface area (Å²) in [7, 11) is 0. The van der Waals surface area contributed by atoms with Crippen LogP contribution in [0, 0.1) is 15.9 Å². The fourth-order valence-electron chi connectivity index (χ4n) is 0.919. The normalized spacial score (nSPS) is 11.2. The van der Waals surface area contributed by atoms with Crippen molar-refractivity contribution in [2.45, 2.75) is 6.36 Å². The SMILES string of the molecule is Nc1cc(F)c(OC(F)(F)F)cc1[N+](=O)[O-]. The van der Waals surface area contributed by atoms with E-state index in [0.29, 0.717) is 6.07 Å². The van der Waals surface area contributed by atoms with Crippen LogP contribution in [0.4, 0.5) is 28.9 Å². The average Bonchev–Trinajstić information content (AvgIpc) is 2.07. The van der Waals surface area contributed by atoms with Gasteiger partial charge < -0.3 is 10.5 Å². The maximum atomic E-state index is 12.9. The van der Waals surface area contributed by atoms with Crippen molar-refractivity contribution in [2.24, 2.45) is 0 Å². The maximum Gasteiger partial charge on any atom is 0.573 e. The highest BCUT2D eigenvalue weighted by atomic mass is 19.4. The number of nitrogen functional groups attached to an aromatic ring is 1. The van der Waals surface area contributed by atoms with Gasteiger partial charge in [0.15, 0.2) is 11.6 Å². The average molecular weight is 240 g/mol. The fraction of sp³-hybridized carbons (Fsp3) is 0.143. The van der Waals surface area contributed by atoms with E-state index in [1.165, 1.54) is 0 Å². The molecule has 2 N–H and O–H groups in total. The molecule has 5 nitrogen and oxygen atoms in total. The lowest BCUT2D eigenvalue weighted by Crippen LogP contribution is -2.18. The van der Waals surface area contributed by atoms with Gasteiger partial charge in [0.2, 0.25) is 0 Å². The molecule has 0 saturated carbocycles. The fourth-order valence-corrected chi connectivity index (χ4v) is 0.919. The van der Waals surface area contributed by atoms with E-state index in [2.05, 4.69) is 4.74 Å². The summed E-state index contributed by atoms with van der Waals surface area (Å²) in [5, 5.41) is 10.3. The Balaban J connectivity index is 3.20. The van der Waals surface area contributed by atoms with Gasteiger partial charge in [-0.05, 0) is 0 Å². The lowest BCUT2D eigenvalue weighted by molar-refractivity contribution is -0.384. The molecule has 16 heavy (non-hydrogen) atoms. The van der Waals surface area contributed by atoms with Crippen LogP contribution in [0.2, 0.25) is 0 Å². The van der Waals surface area contributed by atoms with Gasteiger partial charge in [0, 0.05) is 6.07 Å². The van der Waals surface area contributed by atoms with E-state index in [4.69, 9.17) is 5.73 Å². The number of anilines is 1. The number of nitrogens with two attached hydrogens (primary N) is 1. The molecule has 0 aliphatic rings. The number of ether oxygens (including phenoxy) is 1. The Morgan fingerprint density at radius 1 is 1.38 bits per heavy atom. The molecule has 0 unspecified atom stereocenters. The van der Waals surface area contributed by atoms with Gasteiger partial charge in [0.05, 0.1) is 11.0 Å². The number of benzene rings is 1. The zero-order valence-electron chi connectivity index (χ0n) is 7.42. The monoisotopic (exact) mass is 240 g/mol. The van der Waals surface area contributed by atoms with Gasteiger partial charge in [0.25, 0.3) is 5.69 Å². The van der Waals surface area contributed by atoms with Crippen LogP contribution in [0.1, 0.15) is 0 Å². The van der Waals surface area contributed by atoms with Gasteiger partial charge in [-0.15, -0.1) is 13.2 Å². The van der Waals surface area contributed by atoms with Crippen molar-refractivity contribution in [1.82, 2.24) is 0 Å². The molecule has 0 aliphatic carbocycles. The Morgan fingerprint density at radius 2 is 1.94 bits per heavy atom. The second-order valence-corrected chi connectivity index (χ2v) is 2.65. The number of rotatable bonds is 2. The minimum absolute atomic E-state index is 0.276. The number of nitro groups is 1.